The molecule has 0 spiro atoms. The van der Waals surface area contributed by atoms with Gasteiger partial charge in [0.1, 0.15) is 0 Å². The van der Waals surface area contributed by atoms with Crippen LogP contribution >= 0.6 is 11.6 Å². The SMILES string of the molecule is CN1C(=O)COC1=Nc1ccc(Cl)c(C(F)(F)F)c1. The van der Waals surface area contributed by atoms with Gasteiger partial charge in [0.05, 0.1) is 16.3 Å². The monoisotopic (exact) mass is 292 g/mol. The van der Waals surface area contributed by atoms with Gasteiger partial charge in [-0.3, -0.25) is 9.69 Å². The summed E-state index contributed by atoms with van der Waals surface area (Å²) in [7, 11) is 1.43. The smallest absolute Gasteiger partial charge is 0.417 e. The van der Waals surface area contributed by atoms with Crippen molar-refractivity contribution >= 4 is 29.2 Å². The molecule has 0 atom stereocenters. The van der Waals surface area contributed by atoms with Crippen molar-refractivity contribution in [1.29, 1.82) is 0 Å². The molecule has 1 heterocycles. The Kier molecular flexibility index (Phi) is 3.40. The lowest BCUT2D eigenvalue weighted by atomic mass is 10.2. The molecule has 1 saturated heterocycles. The molecule has 1 aromatic carbocycles. The van der Waals surface area contributed by atoms with Crippen LogP contribution < -0.4 is 0 Å². The molecule has 0 radical (unpaired) electrons. The van der Waals surface area contributed by atoms with Crippen molar-refractivity contribution in [2.24, 2.45) is 4.99 Å². The van der Waals surface area contributed by atoms with E-state index in [4.69, 9.17) is 16.3 Å². The molecule has 8 heteroatoms. The summed E-state index contributed by atoms with van der Waals surface area (Å²) in [6.45, 7) is -0.172. The van der Waals surface area contributed by atoms with Gasteiger partial charge in [0, 0.05) is 7.05 Å². The van der Waals surface area contributed by atoms with Crippen molar-refractivity contribution in [1.82, 2.24) is 4.90 Å². The van der Waals surface area contributed by atoms with Crippen molar-refractivity contribution in [2.75, 3.05) is 13.7 Å². The minimum atomic E-state index is -4.56. The number of hydrogen-bond acceptors (Lipinski definition) is 3. The first-order chi connectivity index (χ1) is 8.79. The van der Waals surface area contributed by atoms with Gasteiger partial charge in [-0.05, 0) is 18.2 Å². The molecule has 0 aromatic heterocycles. The maximum absolute atomic E-state index is 12.7. The molecule has 102 valence electrons. The van der Waals surface area contributed by atoms with Crippen LogP contribution in [0.5, 0.6) is 0 Å². The third-order valence-electron chi connectivity index (χ3n) is 2.47. The highest BCUT2D eigenvalue weighted by Crippen LogP contribution is 2.36. The summed E-state index contributed by atoms with van der Waals surface area (Å²) in [5.41, 5.74) is -0.976. The fraction of sp³-hybridized carbons (Fsp3) is 0.273. The molecule has 0 aliphatic carbocycles. The second-order valence-electron chi connectivity index (χ2n) is 3.80. The lowest BCUT2D eigenvalue weighted by Crippen LogP contribution is -2.24. The molecular formula is C11H8ClF3N2O2. The van der Waals surface area contributed by atoms with Crippen LogP contribution in [0.25, 0.3) is 0 Å². The van der Waals surface area contributed by atoms with E-state index in [2.05, 4.69) is 4.99 Å². The van der Waals surface area contributed by atoms with Gasteiger partial charge in [-0.2, -0.15) is 18.2 Å². The second-order valence-corrected chi connectivity index (χ2v) is 4.20. The molecule has 1 amide bonds. The highest BCUT2D eigenvalue weighted by Gasteiger charge is 2.33. The Morgan fingerprint density at radius 3 is 2.63 bits per heavy atom. The van der Waals surface area contributed by atoms with Crippen molar-refractivity contribution < 1.29 is 22.7 Å². The second kappa shape index (κ2) is 4.73. The van der Waals surface area contributed by atoms with E-state index in [1.807, 2.05) is 0 Å². The predicted molar refractivity (Wildman–Crippen MR) is 62.3 cm³/mol. The molecule has 0 bridgehead atoms. The zero-order valence-corrected chi connectivity index (χ0v) is 10.4. The standard InChI is InChI=1S/C11H8ClF3N2O2/c1-17-9(18)5-19-10(17)16-6-2-3-8(12)7(4-6)11(13,14)15/h2-4H,5H2,1H3. The number of hydrogen-bond donors (Lipinski definition) is 0. The van der Waals surface area contributed by atoms with Gasteiger partial charge in [0.25, 0.3) is 11.9 Å². The van der Waals surface area contributed by atoms with Crippen LogP contribution in [0.1, 0.15) is 5.56 Å². The minimum Gasteiger partial charge on any atom is -0.454 e. The summed E-state index contributed by atoms with van der Waals surface area (Å²) in [5.74, 6) is -0.316. The lowest BCUT2D eigenvalue weighted by molar-refractivity contribution is -0.137. The summed E-state index contributed by atoms with van der Waals surface area (Å²) < 4.78 is 42.9. The summed E-state index contributed by atoms with van der Waals surface area (Å²) in [4.78, 5) is 16.1. The number of alkyl halides is 3. The molecule has 0 N–H and O–H groups in total. The normalized spacial score (nSPS) is 18.1. The van der Waals surface area contributed by atoms with Gasteiger partial charge >= 0.3 is 6.18 Å². The van der Waals surface area contributed by atoms with Crippen molar-refractivity contribution in [3.05, 3.63) is 28.8 Å². The summed E-state index contributed by atoms with van der Waals surface area (Å²) in [5, 5.41) is -0.409. The molecule has 1 aliphatic heterocycles. The van der Waals surface area contributed by atoms with Crippen LogP contribution in [-0.2, 0) is 15.7 Å². The van der Waals surface area contributed by atoms with Crippen molar-refractivity contribution in [3.63, 3.8) is 0 Å². The number of benzene rings is 1. The highest BCUT2D eigenvalue weighted by atomic mass is 35.5. The number of carbonyl (C=O) groups is 1. The zero-order chi connectivity index (χ0) is 14.2. The molecule has 2 rings (SSSR count). The number of amidine groups is 1. The Hall–Kier alpha value is -1.76. The van der Waals surface area contributed by atoms with E-state index in [0.717, 1.165) is 17.0 Å². The van der Waals surface area contributed by atoms with E-state index < -0.39 is 16.8 Å². The molecule has 4 nitrogen and oxygen atoms in total. The van der Waals surface area contributed by atoms with E-state index >= 15 is 0 Å². The molecule has 19 heavy (non-hydrogen) atoms. The molecule has 1 aliphatic rings. The van der Waals surface area contributed by atoms with E-state index in [-0.39, 0.29) is 24.2 Å². The van der Waals surface area contributed by atoms with Gasteiger partial charge < -0.3 is 4.74 Å². The molecule has 1 fully saturated rings. The quantitative estimate of drug-likeness (QED) is 0.799. The highest BCUT2D eigenvalue weighted by molar-refractivity contribution is 6.31. The number of carbonyl (C=O) groups excluding carboxylic acids is 1. The van der Waals surface area contributed by atoms with Crippen LogP contribution in [0.2, 0.25) is 5.02 Å². The summed E-state index contributed by atoms with van der Waals surface area (Å²) in [6.07, 6.45) is -4.56. The van der Waals surface area contributed by atoms with Crippen LogP contribution in [-0.4, -0.2) is 30.5 Å². The van der Waals surface area contributed by atoms with Gasteiger partial charge in [-0.1, -0.05) is 11.6 Å². The lowest BCUT2D eigenvalue weighted by Gasteiger charge is -2.10. The first kappa shape index (κ1) is 13.7. The van der Waals surface area contributed by atoms with Crippen LogP contribution in [0.4, 0.5) is 18.9 Å². The van der Waals surface area contributed by atoms with Crippen LogP contribution in [0.3, 0.4) is 0 Å². The van der Waals surface area contributed by atoms with E-state index in [1.165, 1.54) is 13.1 Å². The van der Waals surface area contributed by atoms with Gasteiger partial charge in [-0.25, -0.2) is 0 Å². The van der Waals surface area contributed by atoms with Crippen molar-refractivity contribution in [2.45, 2.75) is 6.18 Å². The Labute approximate surface area is 111 Å². The van der Waals surface area contributed by atoms with E-state index in [0.29, 0.717) is 0 Å². The van der Waals surface area contributed by atoms with E-state index in [9.17, 15) is 18.0 Å². The largest absolute Gasteiger partial charge is 0.454 e. The third kappa shape index (κ3) is 2.81. The maximum Gasteiger partial charge on any atom is 0.417 e. The number of likely N-dealkylation sites (N-methyl/N-ethyl adjacent to an activating group) is 1. The van der Waals surface area contributed by atoms with Gasteiger partial charge in [0.15, 0.2) is 6.61 Å². The third-order valence-corrected chi connectivity index (χ3v) is 2.80. The molecule has 0 unspecified atom stereocenters. The predicted octanol–water partition coefficient (Wildman–Crippen LogP) is 2.83. The molecular weight excluding hydrogens is 285 g/mol. The van der Waals surface area contributed by atoms with Crippen LogP contribution in [0.15, 0.2) is 23.2 Å². The number of halogens is 4. The fourth-order valence-corrected chi connectivity index (χ4v) is 1.67. The first-order valence-corrected chi connectivity index (χ1v) is 5.51. The van der Waals surface area contributed by atoms with Gasteiger partial charge in [0.2, 0.25) is 0 Å². The Balaban J connectivity index is 2.37. The average Bonchev–Trinajstić information content (AvgIpc) is 2.62. The summed E-state index contributed by atoms with van der Waals surface area (Å²) in [6, 6.07) is 3.17. The fourth-order valence-electron chi connectivity index (χ4n) is 1.44. The molecule has 0 saturated carbocycles. The Morgan fingerprint density at radius 2 is 2.11 bits per heavy atom. The Morgan fingerprint density at radius 1 is 1.42 bits per heavy atom. The van der Waals surface area contributed by atoms with Gasteiger partial charge in [-0.15, -0.1) is 0 Å². The maximum atomic E-state index is 12.7. The average molecular weight is 293 g/mol. The minimum absolute atomic E-state index is 0.00766. The zero-order valence-electron chi connectivity index (χ0n) is 9.66. The Bertz CT molecular complexity index is 557. The van der Waals surface area contributed by atoms with Crippen LogP contribution in [0, 0.1) is 0 Å². The number of ether oxygens (including phenoxy) is 1. The molecule has 1 aromatic rings. The topological polar surface area (TPSA) is 41.9 Å². The number of nitrogens with zero attached hydrogens (tertiary/aromatic N) is 2. The van der Waals surface area contributed by atoms with E-state index in [1.54, 1.807) is 0 Å². The summed E-state index contributed by atoms with van der Waals surface area (Å²) >= 11 is 5.49. The number of amides is 1. The van der Waals surface area contributed by atoms with Crippen molar-refractivity contribution in [3.8, 4) is 0 Å². The number of rotatable bonds is 1. The number of aliphatic imine (C=N–C) groups is 1. The first-order valence-electron chi connectivity index (χ1n) is 5.14.